The smallest absolute Gasteiger partial charge is 0.338 e. The molecule has 39 heavy (non-hydrogen) atoms. The Balaban J connectivity index is 1.65. The van der Waals surface area contributed by atoms with Crippen LogP contribution in [0.1, 0.15) is 65.5 Å². The fourth-order valence-electron chi connectivity index (χ4n) is 5.07. The van der Waals surface area contributed by atoms with Crippen LogP contribution in [0.15, 0.2) is 51.6 Å². The Labute approximate surface area is 234 Å². The third-order valence-corrected chi connectivity index (χ3v) is 7.67. The minimum Gasteiger partial charge on any atom is -0.496 e. The molecular formula is C29H37N3O6S. The predicted molar refractivity (Wildman–Crippen MR) is 150 cm³/mol. The maximum absolute atomic E-state index is 13.6. The molecule has 1 saturated heterocycles. The number of carbonyl (C=O) groups excluding carboxylic acids is 3. The average molecular weight is 556 g/mol. The van der Waals surface area contributed by atoms with Gasteiger partial charge in [0, 0.05) is 24.4 Å². The molecule has 210 valence electrons. The molecule has 0 aromatic heterocycles. The van der Waals surface area contributed by atoms with Crippen LogP contribution in [0.3, 0.4) is 0 Å². The SMILES string of the molecule is CCOC(=O)[C@H]1CCCN(C(=O)CC2=CSC3=NC(C)=C(C(=O)OC(C)(C)C)[C@@H](c4ccccc4OC)N23)C1. The predicted octanol–water partition coefficient (Wildman–Crippen LogP) is 4.80. The number of para-hydroxylation sites is 1. The van der Waals surface area contributed by atoms with Crippen LogP contribution in [0.25, 0.3) is 0 Å². The summed E-state index contributed by atoms with van der Waals surface area (Å²) in [5, 5.41) is 2.60. The molecule has 1 aromatic rings. The van der Waals surface area contributed by atoms with Gasteiger partial charge in [0.15, 0.2) is 5.17 Å². The highest BCUT2D eigenvalue weighted by atomic mass is 32.2. The van der Waals surface area contributed by atoms with Crippen LogP contribution in [0.2, 0.25) is 0 Å². The van der Waals surface area contributed by atoms with Gasteiger partial charge in [-0.15, -0.1) is 0 Å². The summed E-state index contributed by atoms with van der Waals surface area (Å²) in [7, 11) is 1.59. The van der Waals surface area contributed by atoms with E-state index < -0.39 is 17.6 Å². The fourth-order valence-corrected chi connectivity index (χ4v) is 6.04. The number of allylic oxidation sites excluding steroid dienone is 1. The van der Waals surface area contributed by atoms with E-state index in [-0.39, 0.29) is 24.2 Å². The lowest BCUT2D eigenvalue weighted by molar-refractivity contribution is -0.152. The van der Waals surface area contributed by atoms with Gasteiger partial charge in [-0.25, -0.2) is 9.79 Å². The number of methoxy groups -OCH3 is 1. The third kappa shape index (κ3) is 6.32. The number of amidine groups is 1. The second-order valence-corrected chi connectivity index (χ2v) is 11.6. The van der Waals surface area contributed by atoms with Gasteiger partial charge < -0.3 is 24.0 Å². The number of thioether (sulfide) groups is 1. The van der Waals surface area contributed by atoms with E-state index >= 15 is 0 Å². The minimum absolute atomic E-state index is 0.0824. The number of esters is 2. The molecule has 0 bridgehead atoms. The Hall–Kier alpha value is -3.27. The van der Waals surface area contributed by atoms with E-state index in [1.165, 1.54) is 11.8 Å². The van der Waals surface area contributed by atoms with E-state index in [0.717, 1.165) is 17.7 Å². The van der Waals surface area contributed by atoms with Crippen molar-refractivity contribution < 1.29 is 28.6 Å². The van der Waals surface area contributed by atoms with Crippen molar-refractivity contribution in [2.24, 2.45) is 10.9 Å². The van der Waals surface area contributed by atoms with Gasteiger partial charge >= 0.3 is 11.9 Å². The van der Waals surface area contributed by atoms with E-state index in [1.54, 1.807) is 25.9 Å². The monoisotopic (exact) mass is 555 g/mol. The first-order valence-electron chi connectivity index (χ1n) is 13.3. The van der Waals surface area contributed by atoms with E-state index in [9.17, 15) is 14.4 Å². The van der Waals surface area contributed by atoms with E-state index in [0.29, 0.717) is 48.3 Å². The molecule has 0 saturated carbocycles. The Morgan fingerprint density at radius 1 is 1.18 bits per heavy atom. The molecule has 2 atom stereocenters. The largest absolute Gasteiger partial charge is 0.496 e. The molecular weight excluding hydrogens is 518 g/mol. The number of hydrogen-bond acceptors (Lipinski definition) is 9. The van der Waals surface area contributed by atoms with Gasteiger partial charge in [-0.05, 0) is 58.9 Å². The van der Waals surface area contributed by atoms with Crippen LogP contribution >= 0.6 is 11.8 Å². The Morgan fingerprint density at radius 3 is 2.62 bits per heavy atom. The number of piperidine rings is 1. The van der Waals surface area contributed by atoms with Gasteiger partial charge in [-0.2, -0.15) is 0 Å². The number of ether oxygens (including phenoxy) is 3. The number of aliphatic imine (C=N–C) groups is 1. The van der Waals surface area contributed by atoms with Crippen LogP contribution in [0, 0.1) is 5.92 Å². The maximum Gasteiger partial charge on any atom is 0.338 e. The van der Waals surface area contributed by atoms with Crippen molar-refractivity contribution in [1.82, 2.24) is 9.80 Å². The second-order valence-electron chi connectivity index (χ2n) is 10.7. The molecule has 10 heteroatoms. The highest BCUT2D eigenvalue weighted by molar-refractivity contribution is 8.16. The summed E-state index contributed by atoms with van der Waals surface area (Å²) in [6, 6.07) is 6.95. The first-order valence-corrected chi connectivity index (χ1v) is 14.2. The van der Waals surface area contributed by atoms with Gasteiger partial charge in [-0.3, -0.25) is 9.59 Å². The molecule has 4 rings (SSSR count). The Morgan fingerprint density at radius 2 is 1.92 bits per heavy atom. The number of hydrogen-bond donors (Lipinski definition) is 0. The van der Waals surface area contributed by atoms with Gasteiger partial charge in [0.05, 0.1) is 43.4 Å². The molecule has 3 aliphatic rings. The molecule has 3 heterocycles. The summed E-state index contributed by atoms with van der Waals surface area (Å²) in [4.78, 5) is 47.8. The van der Waals surface area contributed by atoms with Crippen molar-refractivity contribution >= 4 is 34.8 Å². The first-order chi connectivity index (χ1) is 18.5. The van der Waals surface area contributed by atoms with Crippen molar-refractivity contribution in [3.05, 3.63) is 52.2 Å². The number of benzene rings is 1. The first kappa shape index (κ1) is 28.7. The van der Waals surface area contributed by atoms with Gasteiger partial charge in [-0.1, -0.05) is 30.0 Å². The van der Waals surface area contributed by atoms with Gasteiger partial charge in [0.1, 0.15) is 11.4 Å². The Bertz CT molecular complexity index is 1230. The highest BCUT2D eigenvalue weighted by Crippen LogP contribution is 2.47. The third-order valence-electron chi connectivity index (χ3n) is 6.78. The van der Waals surface area contributed by atoms with E-state index in [4.69, 9.17) is 19.2 Å². The molecule has 0 aliphatic carbocycles. The number of nitrogens with zero attached hydrogens (tertiary/aromatic N) is 3. The average Bonchev–Trinajstić information content (AvgIpc) is 3.28. The minimum atomic E-state index is -0.697. The van der Waals surface area contributed by atoms with Crippen LogP contribution in [0.4, 0.5) is 0 Å². The number of amides is 1. The van der Waals surface area contributed by atoms with Crippen molar-refractivity contribution in [3.8, 4) is 5.75 Å². The fraction of sp³-hybridized carbons (Fsp3) is 0.517. The zero-order valence-electron chi connectivity index (χ0n) is 23.5. The van der Waals surface area contributed by atoms with Gasteiger partial charge in [0.25, 0.3) is 0 Å². The molecule has 0 N–H and O–H groups in total. The van der Waals surface area contributed by atoms with Crippen molar-refractivity contribution in [1.29, 1.82) is 0 Å². The lowest BCUT2D eigenvalue weighted by Gasteiger charge is -2.38. The van der Waals surface area contributed by atoms with Crippen molar-refractivity contribution in [3.63, 3.8) is 0 Å². The summed E-state index contributed by atoms with van der Waals surface area (Å²) in [6.07, 6.45) is 1.56. The van der Waals surface area contributed by atoms with Crippen molar-refractivity contribution in [2.75, 3.05) is 26.8 Å². The van der Waals surface area contributed by atoms with Crippen molar-refractivity contribution in [2.45, 2.75) is 65.5 Å². The summed E-state index contributed by atoms with van der Waals surface area (Å²) < 4.78 is 16.7. The summed E-state index contributed by atoms with van der Waals surface area (Å²) >= 11 is 1.42. The molecule has 9 nitrogen and oxygen atoms in total. The molecule has 0 spiro atoms. The molecule has 1 aromatic carbocycles. The highest BCUT2D eigenvalue weighted by Gasteiger charge is 2.43. The summed E-state index contributed by atoms with van der Waals surface area (Å²) in [5.41, 5.74) is 1.77. The van der Waals surface area contributed by atoms with E-state index in [2.05, 4.69) is 0 Å². The number of rotatable bonds is 7. The standard InChI is InChI=1S/C29H37N3O6S/c1-7-37-26(34)19-11-10-14-31(16-19)23(33)15-20-17-39-28-30-18(2)24(27(35)38-29(3,4)5)25(32(20)28)21-12-8-9-13-22(21)36-6/h8-9,12-13,17,19,25H,7,10-11,14-16H2,1-6H3/t19-,25+/m0/s1. The number of likely N-dealkylation sites (tertiary alicyclic amines) is 1. The number of carbonyl (C=O) groups is 3. The van der Waals surface area contributed by atoms with E-state index in [1.807, 2.05) is 55.3 Å². The quantitative estimate of drug-likeness (QED) is 0.443. The van der Waals surface area contributed by atoms with Crippen LogP contribution in [-0.4, -0.2) is 65.2 Å². The molecule has 1 amide bonds. The summed E-state index contributed by atoms with van der Waals surface area (Å²) in [6.45, 7) is 10.3. The zero-order chi connectivity index (χ0) is 28.3. The topological polar surface area (TPSA) is 97.7 Å². The maximum atomic E-state index is 13.6. The van der Waals surface area contributed by atoms with Crippen LogP contribution in [-0.2, 0) is 23.9 Å². The lowest BCUT2D eigenvalue weighted by atomic mass is 9.92. The molecule has 1 fully saturated rings. The molecule has 0 unspecified atom stereocenters. The second kappa shape index (κ2) is 11.9. The Kier molecular flexibility index (Phi) is 8.73. The normalized spacial score (nSPS) is 21.2. The molecule has 0 radical (unpaired) electrons. The molecule has 3 aliphatic heterocycles. The lowest BCUT2D eigenvalue weighted by Crippen LogP contribution is -2.44. The zero-order valence-corrected chi connectivity index (χ0v) is 24.3. The van der Waals surface area contributed by atoms with Crippen LogP contribution < -0.4 is 4.74 Å². The summed E-state index contributed by atoms with van der Waals surface area (Å²) in [5.74, 6) is -0.494. The van der Waals surface area contributed by atoms with Gasteiger partial charge in [0.2, 0.25) is 5.91 Å². The number of fused-ring (bicyclic) bond motifs is 1. The van der Waals surface area contributed by atoms with Crippen LogP contribution in [0.5, 0.6) is 5.75 Å².